The molecule has 0 aliphatic carbocycles. The fourth-order valence-electron chi connectivity index (χ4n) is 12.2. The maximum Gasteiger partial charge on any atom is 0.220 e. The molecule has 2 saturated heterocycles. The number of aliphatic hydroxyl groups is 8. The number of ether oxygens (including phenoxy) is 4. The van der Waals surface area contributed by atoms with E-state index in [2.05, 4.69) is 19.2 Å². The Morgan fingerprint density at radius 1 is 0.390 bits per heavy atom. The number of rotatable bonds is 59. The molecular formula is C68H133NO13. The molecule has 9 N–H and O–H groups in total. The molecule has 82 heavy (non-hydrogen) atoms. The number of nitrogens with one attached hydrogen (secondary N) is 1. The summed E-state index contributed by atoms with van der Waals surface area (Å²) in [6.45, 7) is 2.92. The number of aliphatic hydroxyl groups excluding tert-OH is 8. The Morgan fingerprint density at radius 2 is 0.695 bits per heavy atom. The van der Waals surface area contributed by atoms with E-state index >= 15 is 0 Å². The van der Waals surface area contributed by atoms with Gasteiger partial charge in [0.1, 0.15) is 48.8 Å². The summed E-state index contributed by atoms with van der Waals surface area (Å²) in [6, 6.07) is -0.824. The van der Waals surface area contributed by atoms with E-state index in [4.69, 9.17) is 18.9 Å². The molecule has 0 aromatic carbocycles. The average Bonchev–Trinajstić information content (AvgIpc) is 3.52. The number of amides is 1. The lowest BCUT2D eigenvalue weighted by Crippen LogP contribution is -2.65. The van der Waals surface area contributed by atoms with Crippen molar-refractivity contribution in [2.75, 3.05) is 19.8 Å². The molecule has 14 nitrogen and oxygen atoms in total. The van der Waals surface area contributed by atoms with Gasteiger partial charge in [0, 0.05) is 6.42 Å². The second-order valence-corrected chi connectivity index (χ2v) is 25.4. The standard InChI is InChI=1S/C68H133NO13/c1-3-5-7-9-11-13-15-17-19-21-23-24-25-26-27-28-29-30-31-32-33-34-35-37-39-41-43-45-47-49-51-57(72)56(69-60(73)52-50-48-46-44-42-40-38-36-22-20-18-16-14-12-10-8-6-4-2)55-79-67-65(78)63(76)66(59(54-71)81-67)82-68-64(77)62(75)61(74)58(53-70)80-68/h56-59,61-68,70-72,74-78H,3-55H2,1-2H3,(H,69,73). The Balaban J connectivity index is 1.64. The maximum absolute atomic E-state index is 13.3. The molecule has 0 aromatic rings. The molecule has 14 heteroatoms. The van der Waals surface area contributed by atoms with Crippen molar-refractivity contribution in [2.24, 2.45) is 0 Å². The van der Waals surface area contributed by atoms with Gasteiger partial charge >= 0.3 is 0 Å². The molecule has 2 aliphatic heterocycles. The first kappa shape index (κ1) is 77.1. The largest absolute Gasteiger partial charge is 0.394 e. The third-order valence-electron chi connectivity index (χ3n) is 17.8. The normalized spacial score (nSPS) is 23.8. The number of hydrogen-bond donors (Lipinski definition) is 9. The second kappa shape index (κ2) is 54.2. The van der Waals surface area contributed by atoms with Crippen molar-refractivity contribution in [3.63, 3.8) is 0 Å². The van der Waals surface area contributed by atoms with Gasteiger partial charge in [-0.3, -0.25) is 4.79 Å². The monoisotopic (exact) mass is 1170 g/mol. The van der Waals surface area contributed by atoms with Crippen LogP contribution in [0.15, 0.2) is 0 Å². The van der Waals surface area contributed by atoms with E-state index in [9.17, 15) is 45.6 Å². The van der Waals surface area contributed by atoms with Gasteiger partial charge < -0.3 is 65.1 Å². The first-order chi connectivity index (χ1) is 40.1. The minimum absolute atomic E-state index is 0.198. The van der Waals surface area contributed by atoms with Crippen molar-refractivity contribution >= 4 is 5.91 Å². The van der Waals surface area contributed by atoms with Gasteiger partial charge in [0.15, 0.2) is 12.6 Å². The van der Waals surface area contributed by atoms with E-state index < -0.39 is 86.8 Å². The van der Waals surface area contributed by atoms with Gasteiger partial charge in [-0.2, -0.15) is 0 Å². The Hall–Kier alpha value is -1.01. The summed E-state index contributed by atoms with van der Waals surface area (Å²) in [5.74, 6) is -0.198. The zero-order valence-corrected chi connectivity index (χ0v) is 53.0. The van der Waals surface area contributed by atoms with Crippen molar-refractivity contribution < 1.29 is 64.6 Å². The molecule has 0 bridgehead atoms. The molecule has 12 unspecified atom stereocenters. The van der Waals surface area contributed by atoms with Gasteiger partial charge in [0.05, 0.1) is 32.0 Å². The van der Waals surface area contributed by atoms with Crippen LogP contribution in [-0.2, 0) is 23.7 Å². The van der Waals surface area contributed by atoms with Crippen molar-refractivity contribution in [3.05, 3.63) is 0 Å². The number of carbonyl (C=O) groups is 1. The average molecular weight is 1170 g/mol. The quantitative estimate of drug-likeness (QED) is 0.0259. The van der Waals surface area contributed by atoms with E-state index in [0.717, 1.165) is 51.4 Å². The van der Waals surface area contributed by atoms with Crippen LogP contribution in [0.25, 0.3) is 0 Å². The van der Waals surface area contributed by atoms with E-state index in [1.165, 1.54) is 257 Å². The van der Waals surface area contributed by atoms with Crippen LogP contribution in [0.5, 0.6) is 0 Å². The molecule has 2 aliphatic rings. The topological polar surface area (TPSA) is 228 Å². The third-order valence-corrected chi connectivity index (χ3v) is 17.8. The number of unbranched alkanes of at least 4 members (excludes halogenated alkanes) is 46. The molecular weight excluding hydrogens is 1040 g/mol. The minimum Gasteiger partial charge on any atom is -0.394 e. The summed E-state index contributed by atoms with van der Waals surface area (Å²) in [4.78, 5) is 13.3. The zero-order valence-electron chi connectivity index (χ0n) is 53.0. The van der Waals surface area contributed by atoms with Crippen LogP contribution in [-0.4, -0.2) is 140 Å². The van der Waals surface area contributed by atoms with E-state index in [1.54, 1.807) is 0 Å². The fourth-order valence-corrected chi connectivity index (χ4v) is 12.2. The van der Waals surface area contributed by atoms with Crippen LogP contribution >= 0.6 is 0 Å². The Bertz CT molecular complexity index is 1380. The molecule has 0 aromatic heterocycles. The van der Waals surface area contributed by atoms with Crippen LogP contribution in [0.2, 0.25) is 0 Å². The van der Waals surface area contributed by atoms with Gasteiger partial charge in [-0.05, 0) is 12.8 Å². The van der Waals surface area contributed by atoms with Crippen molar-refractivity contribution in [2.45, 2.75) is 408 Å². The Kier molecular flexibility index (Phi) is 50.9. The summed E-state index contributed by atoms with van der Waals surface area (Å²) in [7, 11) is 0. The molecule has 1 amide bonds. The predicted molar refractivity (Wildman–Crippen MR) is 332 cm³/mol. The Morgan fingerprint density at radius 3 is 1.04 bits per heavy atom. The number of carbonyl (C=O) groups excluding carboxylic acids is 1. The predicted octanol–water partition coefficient (Wildman–Crippen LogP) is 14.0. The van der Waals surface area contributed by atoms with Crippen LogP contribution in [0.1, 0.15) is 335 Å². The van der Waals surface area contributed by atoms with E-state index in [-0.39, 0.29) is 12.5 Å². The third kappa shape index (κ3) is 38.3. The molecule has 2 rings (SSSR count). The summed E-state index contributed by atoms with van der Waals surface area (Å²) in [5, 5.41) is 87.6. The molecule has 12 atom stereocenters. The lowest BCUT2D eigenvalue weighted by molar-refractivity contribution is -0.359. The smallest absolute Gasteiger partial charge is 0.220 e. The van der Waals surface area contributed by atoms with Gasteiger partial charge in [-0.25, -0.2) is 0 Å². The van der Waals surface area contributed by atoms with E-state index in [1.807, 2.05) is 0 Å². The van der Waals surface area contributed by atoms with Crippen LogP contribution in [0.4, 0.5) is 0 Å². The number of hydrogen-bond acceptors (Lipinski definition) is 13. The van der Waals surface area contributed by atoms with Crippen molar-refractivity contribution in [3.8, 4) is 0 Å². The minimum atomic E-state index is -1.78. The highest BCUT2D eigenvalue weighted by Gasteiger charge is 2.51. The SMILES string of the molecule is CCCCCCCCCCCCCCCCCCCCCCCCCCCCCCCCC(O)C(COC1OC(CO)C(OC2OC(CO)C(O)C(O)C2O)C(O)C1O)NC(=O)CCCCCCCCCCCCCCCCCCCC. The first-order valence-corrected chi connectivity index (χ1v) is 35.3. The van der Waals surface area contributed by atoms with E-state index in [0.29, 0.717) is 12.8 Å². The second-order valence-electron chi connectivity index (χ2n) is 25.4. The highest BCUT2D eigenvalue weighted by atomic mass is 16.7. The molecule has 2 fully saturated rings. The molecule has 488 valence electrons. The zero-order chi connectivity index (χ0) is 59.5. The van der Waals surface area contributed by atoms with Gasteiger partial charge in [-0.1, -0.05) is 316 Å². The molecule has 0 spiro atoms. The van der Waals surface area contributed by atoms with Crippen molar-refractivity contribution in [1.29, 1.82) is 0 Å². The lowest BCUT2D eigenvalue weighted by atomic mass is 9.97. The first-order valence-electron chi connectivity index (χ1n) is 35.3. The van der Waals surface area contributed by atoms with Crippen molar-refractivity contribution in [1.82, 2.24) is 5.32 Å². The van der Waals surface area contributed by atoms with Crippen LogP contribution in [0, 0.1) is 0 Å². The maximum atomic E-state index is 13.3. The Labute approximate surface area is 502 Å². The fraction of sp³-hybridized carbons (Fsp3) is 0.985. The van der Waals surface area contributed by atoms with Crippen LogP contribution in [0.3, 0.4) is 0 Å². The van der Waals surface area contributed by atoms with Crippen LogP contribution < -0.4 is 5.32 Å². The molecule has 0 radical (unpaired) electrons. The summed E-state index contributed by atoms with van der Waals surface area (Å²) in [5.41, 5.74) is 0. The summed E-state index contributed by atoms with van der Waals surface area (Å²) >= 11 is 0. The summed E-state index contributed by atoms with van der Waals surface area (Å²) in [6.07, 6.45) is 47.0. The molecule has 2 heterocycles. The lowest BCUT2D eigenvalue weighted by Gasteiger charge is -2.46. The summed E-state index contributed by atoms with van der Waals surface area (Å²) < 4.78 is 22.9. The van der Waals surface area contributed by atoms with Gasteiger partial charge in [0.2, 0.25) is 5.91 Å². The highest BCUT2D eigenvalue weighted by molar-refractivity contribution is 5.76. The highest BCUT2D eigenvalue weighted by Crippen LogP contribution is 2.30. The van der Waals surface area contributed by atoms with Gasteiger partial charge in [-0.15, -0.1) is 0 Å². The molecule has 0 saturated carbocycles. The van der Waals surface area contributed by atoms with Gasteiger partial charge in [0.25, 0.3) is 0 Å².